The molecule has 0 aliphatic carbocycles. The van der Waals surface area contributed by atoms with Crippen LogP contribution in [0.1, 0.15) is 24.5 Å². The van der Waals surface area contributed by atoms with Crippen molar-refractivity contribution in [2.45, 2.75) is 26.3 Å². The van der Waals surface area contributed by atoms with E-state index in [0.717, 1.165) is 18.0 Å². The normalized spacial score (nSPS) is 10.7. The van der Waals surface area contributed by atoms with Crippen LogP contribution >= 0.6 is 11.6 Å². The van der Waals surface area contributed by atoms with Gasteiger partial charge in [-0.05, 0) is 47.9 Å². The van der Waals surface area contributed by atoms with Crippen LogP contribution in [-0.4, -0.2) is 7.05 Å². The molecule has 0 aliphatic heterocycles. The molecule has 2 aromatic rings. The maximum Gasteiger partial charge on any atom is 0.0412 e. The summed E-state index contributed by atoms with van der Waals surface area (Å²) in [5.74, 6) is 0. The maximum atomic E-state index is 6.13. The molecule has 0 saturated heterocycles. The molecule has 19 heavy (non-hydrogen) atoms. The Hall–Kier alpha value is -1.31. The monoisotopic (exact) mass is 273 g/mol. The third kappa shape index (κ3) is 3.59. The van der Waals surface area contributed by atoms with E-state index in [0.29, 0.717) is 0 Å². The Bertz CT molecular complexity index is 531. The minimum atomic E-state index is 0.785. The predicted molar refractivity (Wildman–Crippen MR) is 83.6 cm³/mol. The first-order valence-electron chi connectivity index (χ1n) is 6.77. The van der Waals surface area contributed by atoms with E-state index in [9.17, 15) is 0 Å². The SMILES string of the molecule is CCCc1ccc(-c2cc(Cl)ccc2CNC)cc1. The van der Waals surface area contributed by atoms with Gasteiger partial charge < -0.3 is 5.32 Å². The first-order chi connectivity index (χ1) is 9.24. The Morgan fingerprint density at radius 3 is 2.42 bits per heavy atom. The lowest BCUT2D eigenvalue weighted by Gasteiger charge is -2.11. The molecule has 0 unspecified atom stereocenters. The third-order valence-electron chi connectivity index (χ3n) is 3.24. The van der Waals surface area contributed by atoms with Crippen molar-refractivity contribution < 1.29 is 0 Å². The van der Waals surface area contributed by atoms with Crippen LogP contribution in [0.4, 0.5) is 0 Å². The fourth-order valence-electron chi connectivity index (χ4n) is 2.30. The molecule has 2 aromatic carbocycles. The van der Waals surface area contributed by atoms with Crippen molar-refractivity contribution in [3.8, 4) is 11.1 Å². The Morgan fingerprint density at radius 1 is 1.05 bits per heavy atom. The summed E-state index contributed by atoms with van der Waals surface area (Å²) in [6, 6.07) is 14.9. The molecule has 1 nitrogen and oxygen atoms in total. The molecule has 2 rings (SSSR count). The lowest BCUT2D eigenvalue weighted by molar-refractivity contribution is 0.819. The lowest BCUT2D eigenvalue weighted by Crippen LogP contribution is -2.06. The molecule has 0 fully saturated rings. The van der Waals surface area contributed by atoms with Gasteiger partial charge in [0, 0.05) is 11.6 Å². The third-order valence-corrected chi connectivity index (χ3v) is 3.48. The fourth-order valence-corrected chi connectivity index (χ4v) is 2.47. The largest absolute Gasteiger partial charge is 0.316 e. The summed E-state index contributed by atoms with van der Waals surface area (Å²) < 4.78 is 0. The second-order valence-corrected chi connectivity index (χ2v) is 5.22. The van der Waals surface area contributed by atoms with Gasteiger partial charge in [-0.1, -0.05) is 55.3 Å². The minimum Gasteiger partial charge on any atom is -0.316 e. The molecule has 100 valence electrons. The molecular formula is C17H20ClN. The van der Waals surface area contributed by atoms with E-state index >= 15 is 0 Å². The van der Waals surface area contributed by atoms with Crippen molar-refractivity contribution in [3.05, 3.63) is 58.6 Å². The average Bonchev–Trinajstić information content (AvgIpc) is 2.42. The van der Waals surface area contributed by atoms with E-state index in [1.54, 1.807) is 0 Å². The summed E-state index contributed by atoms with van der Waals surface area (Å²) in [5.41, 5.74) is 5.11. The number of aryl methyl sites for hydroxylation is 1. The zero-order valence-electron chi connectivity index (χ0n) is 11.5. The lowest BCUT2D eigenvalue weighted by atomic mass is 9.98. The van der Waals surface area contributed by atoms with Crippen molar-refractivity contribution in [1.29, 1.82) is 0 Å². The van der Waals surface area contributed by atoms with Crippen LogP contribution in [0.25, 0.3) is 11.1 Å². The molecule has 1 N–H and O–H groups in total. The molecule has 2 heteroatoms. The zero-order chi connectivity index (χ0) is 13.7. The topological polar surface area (TPSA) is 12.0 Å². The highest BCUT2D eigenvalue weighted by atomic mass is 35.5. The molecule has 0 atom stereocenters. The van der Waals surface area contributed by atoms with Crippen LogP contribution < -0.4 is 5.32 Å². The Balaban J connectivity index is 2.36. The van der Waals surface area contributed by atoms with Gasteiger partial charge in [-0.2, -0.15) is 0 Å². The van der Waals surface area contributed by atoms with Gasteiger partial charge in [-0.25, -0.2) is 0 Å². The van der Waals surface area contributed by atoms with Crippen molar-refractivity contribution in [2.75, 3.05) is 7.05 Å². The first kappa shape index (κ1) is 14.1. The molecule has 0 bridgehead atoms. The van der Waals surface area contributed by atoms with Crippen LogP contribution in [-0.2, 0) is 13.0 Å². The Labute approximate surface area is 120 Å². The van der Waals surface area contributed by atoms with Gasteiger partial charge in [0.15, 0.2) is 0 Å². The highest BCUT2D eigenvalue weighted by Gasteiger charge is 2.05. The number of hydrogen-bond donors (Lipinski definition) is 1. The number of rotatable bonds is 5. The molecule has 0 aromatic heterocycles. The second-order valence-electron chi connectivity index (χ2n) is 4.78. The second kappa shape index (κ2) is 6.74. The number of nitrogens with one attached hydrogen (secondary N) is 1. The average molecular weight is 274 g/mol. The highest BCUT2D eigenvalue weighted by Crippen LogP contribution is 2.27. The van der Waals surface area contributed by atoms with Gasteiger partial charge in [-0.3, -0.25) is 0 Å². The van der Waals surface area contributed by atoms with Crippen LogP contribution in [0.2, 0.25) is 5.02 Å². The van der Waals surface area contributed by atoms with Crippen LogP contribution in [0, 0.1) is 0 Å². The minimum absolute atomic E-state index is 0.785. The van der Waals surface area contributed by atoms with E-state index < -0.39 is 0 Å². The number of benzene rings is 2. The predicted octanol–water partition coefficient (Wildman–Crippen LogP) is 4.68. The van der Waals surface area contributed by atoms with E-state index in [4.69, 9.17) is 11.6 Å². The summed E-state index contributed by atoms with van der Waals surface area (Å²) in [6.45, 7) is 3.05. The highest BCUT2D eigenvalue weighted by molar-refractivity contribution is 6.30. The van der Waals surface area contributed by atoms with Crippen molar-refractivity contribution >= 4 is 11.6 Å². The van der Waals surface area contributed by atoms with E-state index in [2.05, 4.69) is 42.6 Å². The molecular weight excluding hydrogens is 254 g/mol. The molecule has 0 spiro atoms. The first-order valence-corrected chi connectivity index (χ1v) is 7.14. The summed E-state index contributed by atoms with van der Waals surface area (Å²) >= 11 is 6.13. The molecule has 0 aliphatic rings. The van der Waals surface area contributed by atoms with Gasteiger partial charge in [-0.15, -0.1) is 0 Å². The fraction of sp³-hybridized carbons (Fsp3) is 0.294. The molecule has 0 radical (unpaired) electrons. The Kier molecular flexibility index (Phi) is 5.00. The summed E-state index contributed by atoms with van der Waals surface area (Å²) in [4.78, 5) is 0. The van der Waals surface area contributed by atoms with Crippen molar-refractivity contribution in [3.63, 3.8) is 0 Å². The number of halogens is 1. The van der Waals surface area contributed by atoms with Crippen LogP contribution in [0.3, 0.4) is 0 Å². The molecule has 0 saturated carbocycles. The zero-order valence-corrected chi connectivity index (χ0v) is 12.3. The van der Waals surface area contributed by atoms with Gasteiger partial charge in [0.05, 0.1) is 0 Å². The quantitative estimate of drug-likeness (QED) is 0.834. The molecule has 0 amide bonds. The van der Waals surface area contributed by atoms with Gasteiger partial charge in [0.1, 0.15) is 0 Å². The van der Waals surface area contributed by atoms with Crippen LogP contribution in [0.15, 0.2) is 42.5 Å². The summed E-state index contributed by atoms with van der Waals surface area (Å²) in [5, 5.41) is 3.99. The van der Waals surface area contributed by atoms with Gasteiger partial charge >= 0.3 is 0 Å². The summed E-state index contributed by atoms with van der Waals surface area (Å²) in [6.07, 6.45) is 2.32. The van der Waals surface area contributed by atoms with Crippen molar-refractivity contribution in [1.82, 2.24) is 5.32 Å². The van der Waals surface area contributed by atoms with Crippen LogP contribution in [0.5, 0.6) is 0 Å². The molecule has 0 heterocycles. The van der Waals surface area contributed by atoms with E-state index in [1.165, 1.54) is 28.7 Å². The smallest absolute Gasteiger partial charge is 0.0412 e. The summed E-state index contributed by atoms with van der Waals surface area (Å²) in [7, 11) is 1.96. The standard InChI is InChI=1S/C17H20ClN/c1-3-4-13-5-7-14(8-6-13)17-11-16(18)10-9-15(17)12-19-2/h5-11,19H,3-4,12H2,1-2H3. The van der Waals surface area contributed by atoms with E-state index in [-0.39, 0.29) is 0 Å². The Morgan fingerprint density at radius 2 is 1.79 bits per heavy atom. The van der Waals surface area contributed by atoms with Gasteiger partial charge in [0.2, 0.25) is 0 Å². The maximum absolute atomic E-state index is 6.13. The van der Waals surface area contributed by atoms with E-state index in [1.807, 2.05) is 19.2 Å². The number of hydrogen-bond acceptors (Lipinski definition) is 1. The van der Waals surface area contributed by atoms with Crippen molar-refractivity contribution in [2.24, 2.45) is 0 Å². The van der Waals surface area contributed by atoms with Gasteiger partial charge in [0.25, 0.3) is 0 Å².